The monoisotopic (exact) mass is 310 g/mol. The molecule has 2 amide bonds. The van der Waals surface area contributed by atoms with Crippen LogP contribution in [0, 0.1) is 0 Å². The Morgan fingerprint density at radius 2 is 1.78 bits per heavy atom. The van der Waals surface area contributed by atoms with Gasteiger partial charge in [0.15, 0.2) is 5.54 Å². The van der Waals surface area contributed by atoms with E-state index in [0.29, 0.717) is 17.9 Å². The summed E-state index contributed by atoms with van der Waals surface area (Å²) >= 11 is 0. The van der Waals surface area contributed by atoms with Crippen LogP contribution in [-0.4, -0.2) is 18.9 Å². The summed E-state index contributed by atoms with van der Waals surface area (Å²) in [4.78, 5) is 26.4. The average Bonchev–Trinajstić information content (AvgIpc) is 2.94. The van der Waals surface area contributed by atoms with Crippen molar-refractivity contribution >= 4 is 17.5 Å². The van der Waals surface area contributed by atoms with Crippen LogP contribution < -0.4 is 15.4 Å². The van der Waals surface area contributed by atoms with Crippen LogP contribution in [0.2, 0.25) is 0 Å². The van der Waals surface area contributed by atoms with Gasteiger partial charge in [0.05, 0.1) is 7.11 Å². The first-order valence-corrected chi connectivity index (χ1v) is 7.42. The minimum atomic E-state index is -1.15. The number of nitrogens with two attached hydrogens (primary N) is 1. The first-order chi connectivity index (χ1) is 11.1. The molecule has 2 aromatic carbocycles. The second-order valence-corrected chi connectivity index (χ2v) is 5.52. The van der Waals surface area contributed by atoms with Crippen LogP contribution in [-0.2, 0) is 15.1 Å². The number of ether oxygens (including phenoxy) is 1. The Balaban J connectivity index is 2.14. The molecule has 0 radical (unpaired) electrons. The predicted molar refractivity (Wildman–Crippen MR) is 87.0 cm³/mol. The molecule has 0 unspecified atom stereocenters. The molecule has 0 aromatic heterocycles. The average molecular weight is 310 g/mol. The summed E-state index contributed by atoms with van der Waals surface area (Å²) in [5, 5.41) is 0. The Kier molecular flexibility index (Phi) is 3.78. The Morgan fingerprint density at radius 3 is 2.35 bits per heavy atom. The zero-order chi connectivity index (χ0) is 16.4. The van der Waals surface area contributed by atoms with Gasteiger partial charge >= 0.3 is 0 Å². The summed E-state index contributed by atoms with van der Waals surface area (Å²) in [6.45, 7) is 0. The molecule has 1 saturated heterocycles. The van der Waals surface area contributed by atoms with Gasteiger partial charge in [-0.25, -0.2) is 0 Å². The number of methoxy groups -OCH3 is 1. The molecule has 1 atom stereocenters. The minimum Gasteiger partial charge on any atom is -0.497 e. The number of carbonyl (C=O) groups excluding carboxylic acids is 2. The number of primary amides is 1. The van der Waals surface area contributed by atoms with Crippen LogP contribution in [0.1, 0.15) is 18.4 Å². The maximum atomic E-state index is 12.5. The quantitative estimate of drug-likeness (QED) is 0.941. The number of amides is 2. The molecule has 5 nitrogen and oxygen atoms in total. The lowest BCUT2D eigenvalue weighted by atomic mass is 9.86. The van der Waals surface area contributed by atoms with E-state index in [1.807, 2.05) is 30.3 Å². The van der Waals surface area contributed by atoms with Crippen LogP contribution in [0.5, 0.6) is 5.75 Å². The molecule has 0 bridgehead atoms. The van der Waals surface area contributed by atoms with E-state index >= 15 is 0 Å². The van der Waals surface area contributed by atoms with Crippen molar-refractivity contribution in [2.45, 2.75) is 18.4 Å². The van der Waals surface area contributed by atoms with Gasteiger partial charge in [0.2, 0.25) is 11.8 Å². The molecule has 1 fully saturated rings. The van der Waals surface area contributed by atoms with E-state index in [1.54, 1.807) is 31.4 Å². The van der Waals surface area contributed by atoms with Crippen molar-refractivity contribution in [3.63, 3.8) is 0 Å². The molecule has 23 heavy (non-hydrogen) atoms. The lowest BCUT2D eigenvalue weighted by molar-refractivity contribution is -0.125. The third-order valence-corrected chi connectivity index (χ3v) is 4.32. The maximum Gasteiger partial charge on any atom is 0.248 e. The number of hydrogen-bond donors (Lipinski definition) is 1. The smallest absolute Gasteiger partial charge is 0.248 e. The molecule has 0 saturated carbocycles. The minimum absolute atomic E-state index is 0.113. The van der Waals surface area contributed by atoms with E-state index in [-0.39, 0.29) is 12.3 Å². The molecule has 0 spiro atoms. The predicted octanol–water partition coefficient (Wildman–Crippen LogP) is 2.20. The van der Waals surface area contributed by atoms with Gasteiger partial charge in [0.1, 0.15) is 5.75 Å². The second-order valence-electron chi connectivity index (χ2n) is 5.52. The highest BCUT2D eigenvalue weighted by Crippen LogP contribution is 2.42. The summed E-state index contributed by atoms with van der Waals surface area (Å²) in [6.07, 6.45) is 0.654. The van der Waals surface area contributed by atoms with E-state index in [4.69, 9.17) is 10.5 Å². The summed E-state index contributed by atoms with van der Waals surface area (Å²) in [5.74, 6) is 0.0490. The molecule has 118 valence electrons. The fourth-order valence-electron chi connectivity index (χ4n) is 3.18. The van der Waals surface area contributed by atoms with Crippen molar-refractivity contribution < 1.29 is 14.3 Å². The number of anilines is 1. The molecule has 3 rings (SSSR count). The maximum absolute atomic E-state index is 12.5. The van der Waals surface area contributed by atoms with Crippen molar-refractivity contribution in [2.75, 3.05) is 12.0 Å². The highest BCUT2D eigenvalue weighted by atomic mass is 16.5. The number of hydrogen-bond acceptors (Lipinski definition) is 3. The molecule has 0 aliphatic carbocycles. The first kappa shape index (κ1) is 15.1. The fraction of sp³-hybridized carbons (Fsp3) is 0.222. The number of carbonyl (C=O) groups is 2. The Morgan fingerprint density at radius 1 is 1.13 bits per heavy atom. The summed E-state index contributed by atoms with van der Waals surface area (Å²) in [6, 6.07) is 16.3. The molecule has 2 N–H and O–H groups in total. The molecule has 1 aliphatic rings. The molecule has 5 heteroatoms. The molecular formula is C18H18N2O3. The highest BCUT2D eigenvalue weighted by molar-refractivity contribution is 6.06. The van der Waals surface area contributed by atoms with Crippen LogP contribution >= 0.6 is 0 Å². The third-order valence-electron chi connectivity index (χ3n) is 4.32. The van der Waals surface area contributed by atoms with Crippen molar-refractivity contribution in [2.24, 2.45) is 5.73 Å². The third kappa shape index (κ3) is 2.34. The van der Waals surface area contributed by atoms with E-state index in [0.717, 1.165) is 5.56 Å². The Bertz CT molecular complexity index is 728. The van der Waals surface area contributed by atoms with Crippen molar-refractivity contribution in [1.82, 2.24) is 0 Å². The van der Waals surface area contributed by atoms with Crippen molar-refractivity contribution in [1.29, 1.82) is 0 Å². The summed E-state index contributed by atoms with van der Waals surface area (Å²) in [5.41, 5.74) is 5.97. The van der Waals surface area contributed by atoms with Crippen molar-refractivity contribution in [3.05, 3.63) is 60.2 Å². The molecule has 1 heterocycles. The number of rotatable bonds is 4. The zero-order valence-corrected chi connectivity index (χ0v) is 12.9. The van der Waals surface area contributed by atoms with E-state index < -0.39 is 11.4 Å². The van der Waals surface area contributed by atoms with Gasteiger partial charge in [-0.05, 0) is 36.2 Å². The van der Waals surface area contributed by atoms with Gasteiger partial charge < -0.3 is 10.5 Å². The number of nitrogens with zero attached hydrogens (tertiary/aromatic N) is 1. The molecule has 1 aliphatic heterocycles. The van der Waals surface area contributed by atoms with Gasteiger partial charge in [-0.15, -0.1) is 0 Å². The highest BCUT2D eigenvalue weighted by Gasteiger charge is 2.52. The fourth-order valence-corrected chi connectivity index (χ4v) is 3.18. The standard InChI is InChI=1S/C18H18N2O3/c1-23-15-9-7-14(8-10-15)20-16(21)11-12-18(20,17(19)22)13-5-3-2-4-6-13/h2-10H,11-12H2,1H3,(H2,19,22)/t18-/m1/s1. The lowest BCUT2D eigenvalue weighted by Gasteiger charge is -2.36. The Hall–Kier alpha value is -2.82. The lowest BCUT2D eigenvalue weighted by Crippen LogP contribution is -2.52. The molecular weight excluding hydrogens is 292 g/mol. The second kappa shape index (κ2) is 5.76. The normalized spacial score (nSPS) is 20.6. The van der Waals surface area contributed by atoms with Crippen molar-refractivity contribution in [3.8, 4) is 5.75 Å². The first-order valence-electron chi connectivity index (χ1n) is 7.42. The van der Waals surface area contributed by atoms with Gasteiger partial charge in [-0.1, -0.05) is 30.3 Å². The zero-order valence-electron chi connectivity index (χ0n) is 12.9. The molecule has 2 aromatic rings. The Labute approximate surface area is 134 Å². The SMILES string of the molecule is COc1ccc(N2C(=O)CC[C@]2(C(N)=O)c2ccccc2)cc1. The van der Waals surface area contributed by atoms with Gasteiger partial charge in [-0.3, -0.25) is 14.5 Å². The van der Waals surface area contributed by atoms with E-state index in [9.17, 15) is 9.59 Å². The van der Waals surface area contributed by atoms with Gasteiger partial charge in [-0.2, -0.15) is 0 Å². The number of benzene rings is 2. The van der Waals surface area contributed by atoms with Crippen LogP contribution in [0.4, 0.5) is 5.69 Å². The van der Waals surface area contributed by atoms with Gasteiger partial charge in [0.25, 0.3) is 0 Å². The summed E-state index contributed by atoms with van der Waals surface area (Å²) in [7, 11) is 1.58. The largest absolute Gasteiger partial charge is 0.497 e. The topological polar surface area (TPSA) is 72.6 Å². The van der Waals surface area contributed by atoms with Crippen LogP contribution in [0.15, 0.2) is 54.6 Å². The van der Waals surface area contributed by atoms with Crippen LogP contribution in [0.3, 0.4) is 0 Å². The van der Waals surface area contributed by atoms with E-state index in [1.165, 1.54) is 4.90 Å². The van der Waals surface area contributed by atoms with Crippen LogP contribution in [0.25, 0.3) is 0 Å². The van der Waals surface area contributed by atoms with E-state index in [2.05, 4.69) is 0 Å². The summed E-state index contributed by atoms with van der Waals surface area (Å²) < 4.78 is 5.15. The van der Waals surface area contributed by atoms with Gasteiger partial charge in [0, 0.05) is 12.1 Å².